The molecule has 5 N–H and O–H groups in total. The van der Waals surface area contributed by atoms with E-state index in [9.17, 15) is 24.0 Å². The van der Waals surface area contributed by atoms with E-state index < -0.39 is 54.6 Å². The number of carbonyl (C=O) groups is 5. The predicted octanol–water partition coefficient (Wildman–Crippen LogP) is -1.60. The molecule has 0 heterocycles. The molecule has 10 heteroatoms. The number of hydrogen-bond donors (Lipinski definition) is 5. The largest absolute Gasteiger partial charge is 0.481 e. The zero-order valence-corrected chi connectivity index (χ0v) is 11.2. The van der Waals surface area contributed by atoms with Crippen molar-refractivity contribution in [1.82, 2.24) is 10.6 Å². The second-order valence-electron chi connectivity index (χ2n) is 4.19. The number of carboxylic acid groups (broad SMARTS) is 3. The SMILES string of the molecule is CC(=O)N[C@H](CC(=O)N[C@@H](CCC(=O)O)C(=O)O)C(=O)O. The van der Waals surface area contributed by atoms with E-state index in [1.807, 2.05) is 10.6 Å². The standard InChI is InChI=1S/C11H16N2O8/c1-5(14)12-7(11(20)21)4-8(15)13-6(10(18)19)2-3-9(16)17/h6-7H,2-4H2,1H3,(H,12,14)(H,13,15)(H,16,17)(H,18,19)(H,20,21)/t6-,7+/m0/s1. The number of hydrogen-bond acceptors (Lipinski definition) is 5. The van der Waals surface area contributed by atoms with Gasteiger partial charge in [-0.2, -0.15) is 0 Å². The smallest absolute Gasteiger partial charge is 0.326 e. The Morgan fingerprint density at radius 3 is 1.81 bits per heavy atom. The van der Waals surface area contributed by atoms with Gasteiger partial charge >= 0.3 is 17.9 Å². The second kappa shape index (κ2) is 8.51. The maximum atomic E-state index is 11.6. The number of nitrogens with one attached hydrogen (secondary N) is 2. The average molecular weight is 304 g/mol. The van der Waals surface area contributed by atoms with E-state index in [4.69, 9.17) is 15.3 Å². The summed E-state index contributed by atoms with van der Waals surface area (Å²) in [6, 6.07) is -2.93. The van der Waals surface area contributed by atoms with Gasteiger partial charge in [-0.15, -0.1) is 0 Å². The Bertz CT molecular complexity index is 448. The van der Waals surface area contributed by atoms with E-state index in [0.717, 1.165) is 6.92 Å². The summed E-state index contributed by atoms with van der Waals surface area (Å²) >= 11 is 0. The fraction of sp³-hybridized carbons (Fsp3) is 0.545. The van der Waals surface area contributed by atoms with Gasteiger partial charge in [0.1, 0.15) is 12.1 Å². The van der Waals surface area contributed by atoms with Crippen molar-refractivity contribution < 1.29 is 39.3 Å². The van der Waals surface area contributed by atoms with Gasteiger partial charge in [-0.25, -0.2) is 9.59 Å². The summed E-state index contributed by atoms with van der Waals surface area (Å²) in [7, 11) is 0. The zero-order valence-electron chi connectivity index (χ0n) is 11.2. The highest BCUT2D eigenvalue weighted by atomic mass is 16.4. The Kier molecular flexibility index (Phi) is 7.43. The first-order valence-electron chi connectivity index (χ1n) is 5.87. The van der Waals surface area contributed by atoms with Crippen LogP contribution < -0.4 is 10.6 Å². The molecule has 0 saturated heterocycles. The lowest BCUT2D eigenvalue weighted by Gasteiger charge is -2.16. The zero-order chi connectivity index (χ0) is 16.6. The molecule has 0 saturated carbocycles. The summed E-state index contributed by atoms with van der Waals surface area (Å²) in [4.78, 5) is 54.4. The molecule has 0 aromatic rings. The summed E-state index contributed by atoms with van der Waals surface area (Å²) in [6.45, 7) is 1.07. The normalized spacial score (nSPS) is 12.8. The summed E-state index contributed by atoms with van der Waals surface area (Å²) < 4.78 is 0. The molecule has 10 nitrogen and oxygen atoms in total. The van der Waals surface area contributed by atoms with Crippen LogP contribution in [0.1, 0.15) is 26.2 Å². The van der Waals surface area contributed by atoms with Crippen LogP contribution in [-0.4, -0.2) is 57.1 Å². The molecule has 0 aliphatic rings. The highest BCUT2D eigenvalue weighted by Gasteiger charge is 2.26. The van der Waals surface area contributed by atoms with Crippen molar-refractivity contribution in [3.05, 3.63) is 0 Å². The lowest BCUT2D eigenvalue weighted by atomic mass is 10.1. The molecule has 0 aromatic carbocycles. The van der Waals surface area contributed by atoms with Crippen LogP contribution >= 0.6 is 0 Å². The third kappa shape index (κ3) is 8.18. The summed E-state index contributed by atoms with van der Waals surface area (Å²) in [5, 5.41) is 30.1. The minimum atomic E-state index is -1.49. The van der Waals surface area contributed by atoms with Gasteiger partial charge in [0, 0.05) is 13.3 Å². The van der Waals surface area contributed by atoms with E-state index in [0.29, 0.717) is 0 Å². The molecule has 0 radical (unpaired) electrons. The molecule has 2 atom stereocenters. The van der Waals surface area contributed by atoms with E-state index in [1.165, 1.54) is 0 Å². The van der Waals surface area contributed by atoms with Crippen LogP contribution in [0.3, 0.4) is 0 Å². The molecule has 0 aliphatic carbocycles. The first-order chi connectivity index (χ1) is 9.63. The van der Waals surface area contributed by atoms with Gasteiger partial charge < -0.3 is 26.0 Å². The predicted molar refractivity (Wildman–Crippen MR) is 66.3 cm³/mol. The topological polar surface area (TPSA) is 170 Å². The first kappa shape index (κ1) is 18.4. The van der Waals surface area contributed by atoms with Crippen molar-refractivity contribution in [2.45, 2.75) is 38.3 Å². The monoisotopic (exact) mass is 304 g/mol. The molecule has 0 rings (SSSR count). The quantitative estimate of drug-likeness (QED) is 0.339. The molecule has 21 heavy (non-hydrogen) atoms. The molecule has 0 spiro atoms. The average Bonchev–Trinajstić information content (AvgIpc) is 2.32. The van der Waals surface area contributed by atoms with Crippen LogP contribution in [0.2, 0.25) is 0 Å². The summed E-state index contributed by atoms with van der Waals surface area (Å²) in [6.07, 6.45) is -1.47. The molecule has 118 valence electrons. The minimum absolute atomic E-state index is 0.339. The van der Waals surface area contributed by atoms with Gasteiger partial charge in [-0.05, 0) is 6.42 Å². The van der Waals surface area contributed by atoms with Crippen LogP contribution in [-0.2, 0) is 24.0 Å². The molecule has 0 bridgehead atoms. The van der Waals surface area contributed by atoms with E-state index in [-0.39, 0.29) is 6.42 Å². The maximum absolute atomic E-state index is 11.6. The van der Waals surface area contributed by atoms with Crippen molar-refractivity contribution in [3.8, 4) is 0 Å². The van der Waals surface area contributed by atoms with Gasteiger partial charge in [-0.1, -0.05) is 0 Å². The van der Waals surface area contributed by atoms with Crippen LogP contribution in [0.4, 0.5) is 0 Å². The summed E-state index contributed by atoms with van der Waals surface area (Å²) in [5.41, 5.74) is 0. The van der Waals surface area contributed by atoms with E-state index in [2.05, 4.69) is 0 Å². The van der Waals surface area contributed by atoms with Gasteiger partial charge in [-0.3, -0.25) is 14.4 Å². The molecular formula is C11H16N2O8. The Hall–Kier alpha value is -2.65. The summed E-state index contributed by atoms with van der Waals surface area (Å²) in [5.74, 6) is -5.68. The van der Waals surface area contributed by atoms with Crippen molar-refractivity contribution >= 4 is 29.7 Å². The van der Waals surface area contributed by atoms with Gasteiger partial charge in [0.05, 0.1) is 6.42 Å². The maximum Gasteiger partial charge on any atom is 0.326 e. The van der Waals surface area contributed by atoms with Gasteiger partial charge in [0.2, 0.25) is 11.8 Å². The van der Waals surface area contributed by atoms with Crippen molar-refractivity contribution in [2.75, 3.05) is 0 Å². The minimum Gasteiger partial charge on any atom is -0.481 e. The fourth-order valence-corrected chi connectivity index (χ4v) is 1.41. The second-order valence-corrected chi connectivity index (χ2v) is 4.19. The highest BCUT2D eigenvalue weighted by molar-refractivity contribution is 5.90. The number of carboxylic acids is 3. The Balaban J connectivity index is 4.60. The van der Waals surface area contributed by atoms with Crippen molar-refractivity contribution in [2.24, 2.45) is 0 Å². The molecule has 2 amide bonds. The molecule has 0 unspecified atom stereocenters. The van der Waals surface area contributed by atoms with Crippen LogP contribution in [0.15, 0.2) is 0 Å². The third-order valence-electron chi connectivity index (χ3n) is 2.35. The lowest BCUT2D eigenvalue weighted by Crippen LogP contribution is -2.47. The lowest BCUT2D eigenvalue weighted by molar-refractivity contribution is -0.144. The van der Waals surface area contributed by atoms with Crippen LogP contribution in [0.5, 0.6) is 0 Å². The molecule has 0 aromatic heterocycles. The third-order valence-corrected chi connectivity index (χ3v) is 2.35. The Morgan fingerprint density at radius 1 is 0.905 bits per heavy atom. The fourth-order valence-electron chi connectivity index (χ4n) is 1.41. The van der Waals surface area contributed by atoms with E-state index >= 15 is 0 Å². The molecule has 0 aliphatic heterocycles. The molecule has 0 fully saturated rings. The number of carbonyl (C=O) groups excluding carboxylic acids is 2. The number of rotatable bonds is 9. The van der Waals surface area contributed by atoms with Gasteiger partial charge in [0.15, 0.2) is 0 Å². The number of amides is 2. The van der Waals surface area contributed by atoms with Crippen molar-refractivity contribution in [1.29, 1.82) is 0 Å². The number of aliphatic carboxylic acids is 3. The van der Waals surface area contributed by atoms with Crippen molar-refractivity contribution in [3.63, 3.8) is 0 Å². The Morgan fingerprint density at radius 2 is 1.43 bits per heavy atom. The van der Waals surface area contributed by atoms with Crippen LogP contribution in [0.25, 0.3) is 0 Å². The van der Waals surface area contributed by atoms with Gasteiger partial charge in [0.25, 0.3) is 0 Å². The van der Waals surface area contributed by atoms with E-state index in [1.54, 1.807) is 0 Å². The first-order valence-corrected chi connectivity index (χ1v) is 5.87. The van der Waals surface area contributed by atoms with Crippen LogP contribution in [0, 0.1) is 0 Å². The Labute approximate surface area is 119 Å². The highest BCUT2D eigenvalue weighted by Crippen LogP contribution is 2.00. The molecular weight excluding hydrogens is 288 g/mol.